The summed E-state index contributed by atoms with van der Waals surface area (Å²) in [5, 5.41) is 2.54. The number of H-pyrrole nitrogens is 1. The largest absolute Gasteiger partial charge is 0.447 e. The number of nitrogens with one attached hydrogen (secondary N) is 2. The second kappa shape index (κ2) is 3.80. The Hall–Kier alpha value is -1.45. The topological polar surface area (TPSA) is 54.1 Å². The minimum absolute atomic E-state index is 0.0973. The Labute approximate surface area is 70.9 Å². The number of amides is 1. The first kappa shape index (κ1) is 8.64. The molecule has 0 saturated heterocycles. The van der Waals surface area contributed by atoms with Crippen LogP contribution in [-0.4, -0.2) is 17.2 Å². The van der Waals surface area contributed by atoms with Crippen molar-refractivity contribution in [3.63, 3.8) is 0 Å². The number of aromatic nitrogens is 1. The summed E-state index contributed by atoms with van der Waals surface area (Å²) in [7, 11) is 0. The van der Waals surface area contributed by atoms with E-state index in [0.29, 0.717) is 5.82 Å². The van der Waals surface area contributed by atoms with Gasteiger partial charge in [0.2, 0.25) is 0 Å². The van der Waals surface area contributed by atoms with E-state index in [9.17, 15) is 4.79 Å². The van der Waals surface area contributed by atoms with Gasteiger partial charge in [-0.25, -0.2) is 4.79 Å². The Kier molecular flexibility index (Phi) is 2.74. The molecule has 0 unspecified atom stereocenters. The molecule has 66 valence electrons. The number of anilines is 1. The van der Waals surface area contributed by atoms with Gasteiger partial charge in [0.05, 0.1) is 6.10 Å². The Balaban J connectivity index is 2.37. The fourth-order valence-corrected chi connectivity index (χ4v) is 0.762. The van der Waals surface area contributed by atoms with E-state index in [4.69, 9.17) is 4.74 Å². The predicted octanol–water partition coefficient (Wildman–Crippen LogP) is 1.97. The molecular formula is C8H12N2O2. The molecule has 1 heterocycles. The van der Waals surface area contributed by atoms with Gasteiger partial charge in [0, 0.05) is 6.20 Å². The molecule has 0 bridgehead atoms. The number of rotatable bonds is 2. The van der Waals surface area contributed by atoms with E-state index >= 15 is 0 Å². The molecule has 1 aromatic rings. The summed E-state index contributed by atoms with van der Waals surface area (Å²) in [6.45, 7) is 3.60. The van der Waals surface area contributed by atoms with Crippen molar-refractivity contribution in [3.05, 3.63) is 18.3 Å². The van der Waals surface area contributed by atoms with Gasteiger partial charge in [-0.3, -0.25) is 5.32 Å². The van der Waals surface area contributed by atoms with Gasteiger partial charge in [-0.15, -0.1) is 0 Å². The standard InChI is InChI=1S/C8H12N2O2/c1-6(2)12-8(11)10-7-4-3-5-9-7/h3-6,9H,1-2H3,(H,10,11). The lowest BCUT2D eigenvalue weighted by atomic mass is 10.5. The Morgan fingerprint density at radius 2 is 2.42 bits per heavy atom. The molecule has 0 aliphatic rings. The summed E-state index contributed by atoms with van der Waals surface area (Å²) >= 11 is 0. The van der Waals surface area contributed by atoms with Crippen LogP contribution in [0.3, 0.4) is 0 Å². The molecular weight excluding hydrogens is 156 g/mol. The SMILES string of the molecule is CC(C)OC(=O)Nc1ccc[nH]1. The van der Waals surface area contributed by atoms with Crippen LogP contribution in [0.25, 0.3) is 0 Å². The molecule has 0 atom stereocenters. The quantitative estimate of drug-likeness (QED) is 0.709. The van der Waals surface area contributed by atoms with E-state index in [1.54, 1.807) is 32.2 Å². The van der Waals surface area contributed by atoms with Gasteiger partial charge in [0.1, 0.15) is 5.82 Å². The highest BCUT2D eigenvalue weighted by molar-refractivity contribution is 5.83. The Morgan fingerprint density at radius 3 is 2.92 bits per heavy atom. The smallest absolute Gasteiger partial charge is 0.413 e. The minimum Gasteiger partial charge on any atom is -0.447 e. The average molecular weight is 168 g/mol. The van der Waals surface area contributed by atoms with E-state index in [-0.39, 0.29) is 6.10 Å². The van der Waals surface area contributed by atoms with Crippen LogP contribution in [-0.2, 0) is 4.74 Å². The lowest BCUT2D eigenvalue weighted by Crippen LogP contribution is -2.17. The molecule has 12 heavy (non-hydrogen) atoms. The zero-order valence-electron chi connectivity index (χ0n) is 7.13. The van der Waals surface area contributed by atoms with Crippen molar-refractivity contribution < 1.29 is 9.53 Å². The van der Waals surface area contributed by atoms with Crippen LogP contribution < -0.4 is 5.32 Å². The number of ether oxygens (including phenoxy) is 1. The maximum atomic E-state index is 11.0. The van der Waals surface area contributed by atoms with Crippen molar-refractivity contribution in [1.82, 2.24) is 4.98 Å². The summed E-state index contributed by atoms with van der Waals surface area (Å²) in [6.07, 6.45) is 1.19. The molecule has 4 heteroatoms. The van der Waals surface area contributed by atoms with E-state index in [0.717, 1.165) is 0 Å². The van der Waals surface area contributed by atoms with Crippen molar-refractivity contribution in [2.24, 2.45) is 0 Å². The van der Waals surface area contributed by atoms with E-state index < -0.39 is 6.09 Å². The highest BCUT2D eigenvalue weighted by Crippen LogP contribution is 2.02. The van der Waals surface area contributed by atoms with Crippen LogP contribution >= 0.6 is 0 Å². The first-order valence-electron chi connectivity index (χ1n) is 3.79. The van der Waals surface area contributed by atoms with Gasteiger partial charge in [-0.2, -0.15) is 0 Å². The lowest BCUT2D eigenvalue weighted by Gasteiger charge is -2.07. The normalized spacial score (nSPS) is 9.92. The summed E-state index contributed by atoms with van der Waals surface area (Å²) in [4.78, 5) is 13.8. The molecule has 1 amide bonds. The third kappa shape index (κ3) is 2.65. The first-order chi connectivity index (χ1) is 5.68. The molecule has 1 aromatic heterocycles. The summed E-state index contributed by atoms with van der Waals surface area (Å²) in [5.41, 5.74) is 0. The van der Waals surface area contributed by atoms with Crippen LogP contribution in [0, 0.1) is 0 Å². The van der Waals surface area contributed by atoms with Gasteiger partial charge >= 0.3 is 6.09 Å². The molecule has 0 aliphatic heterocycles. The summed E-state index contributed by atoms with van der Waals surface area (Å²) < 4.78 is 4.85. The predicted molar refractivity (Wildman–Crippen MR) is 46.0 cm³/mol. The van der Waals surface area contributed by atoms with Gasteiger partial charge in [-0.05, 0) is 26.0 Å². The molecule has 0 fully saturated rings. The molecule has 1 rings (SSSR count). The maximum absolute atomic E-state index is 11.0. The second-order valence-electron chi connectivity index (χ2n) is 2.66. The van der Waals surface area contributed by atoms with Crippen molar-refractivity contribution in [1.29, 1.82) is 0 Å². The number of hydrogen-bond donors (Lipinski definition) is 2. The van der Waals surface area contributed by atoms with Crippen LogP contribution in [0.1, 0.15) is 13.8 Å². The van der Waals surface area contributed by atoms with Gasteiger partial charge in [0.25, 0.3) is 0 Å². The maximum Gasteiger partial charge on any atom is 0.413 e. The van der Waals surface area contributed by atoms with Crippen molar-refractivity contribution in [3.8, 4) is 0 Å². The van der Waals surface area contributed by atoms with Crippen LogP contribution in [0.5, 0.6) is 0 Å². The Bertz CT molecular complexity index is 242. The van der Waals surface area contributed by atoms with Crippen molar-refractivity contribution in [2.45, 2.75) is 20.0 Å². The number of carbonyl (C=O) groups is 1. The van der Waals surface area contributed by atoms with Gasteiger partial charge < -0.3 is 9.72 Å². The zero-order chi connectivity index (χ0) is 8.97. The van der Waals surface area contributed by atoms with Crippen LogP contribution in [0.4, 0.5) is 10.6 Å². The lowest BCUT2D eigenvalue weighted by molar-refractivity contribution is 0.130. The average Bonchev–Trinajstić information content (AvgIpc) is 2.37. The van der Waals surface area contributed by atoms with E-state index in [1.807, 2.05) is 0 Å². The molecule has 0 aliphatic carbocycles. The number of aromatic amines is 1. The molecule has 0 saturated carbocycles. The van der Waals surface area contributed by atoms with E-state index in [1.165, 1.54) is 0 Å². The van der Waals surface area contributed by atoms with Crippen LogP contribution in [0.2, 0.25) is 0 Å². The Morgan fingerprint density at radius 1 is 1.67 bits per heavy atom. The van der Waals surface area contributed by atoms with Crippen molar-refractivity contribution in [2.75, 3.05) is 5.32 Å². The molecule has 0 radical (unpaired) electrons. The molecule has 4 nitrogen and oxygen atoms in total. The minimum atomic E-state index is -0.438. The first-order valence-corrected chi connectivity index (χ1v) is 3.79. The molecule has 0 aromatic carbocycles. The summed E-state index contributed by atoms with van der Waals surface area (Å²) in [6, 6.07) is 3.55. The number of hydrogen-bond acceptors (Lipinski definition) is 2. The van der Waals surface area contributed by atoms with E-state index in [2.05, 4.69) is 10.3 Å². The monoisotopic (exact) mass is 168 g/mol. The fourth-order valence-electron chi connectivity index (χ4n) is 0.762. The third-order valence-corrected chi connectivity index (χ3v) is 1.18. The highest BCUT2D eigenvalue weighted by atomic mass is 16.6. The number of carbonyl (C=O) groups excluding carboxylic acids is 1. The van der Waals surface area contributed by atoms with Gasteiger partial charge in [0.15, 0.2) is 0 Å². The molecule has 2 N–H and O–H groups in total. The fraction of sp³-hybridized carbons (Fsp3) is 0.375. The van der Waals surface area contributed by atoms with Crippen LogP contribution in [0.15, 0.2) is 18.3 Å². The second-order valence-corrected chi connectivity index (χ2v) is 2.66. The highest BCUT2D eigenvalue weighted by Gasteiger charge is 2.04. The summed E-state index contributed by atoms with van der Waals surface area (Å²) in [5.74, 6) is 0.639. The third-order valence-electron chi connectivity index (χ3n) is 1.18. The zero-order valence-corrected chi connectivity index (χ0v) is 7.13. The molecule has 0 spiro atoms. The van der Waals surface area contributed by atoms with Gasteiger partial charge in [-0.1, -0.05) is 0 Å². The van der Waals surface area contributed by atoms with Crippen molar-refractivity contribution >= 4 is 11.9 Å².